The van der Waals surface area contributed by atoms with Gasteiger partial charge < -0.3 is 37.9 Å². The maximum Gasteiger partial charge on any atom is 0.166 e. The van der Waals surface area contributed by atoms with Gasteiger partial charge in [0, 0.05) is 88.3 Å². The molecule has 0 aliphatic carbocycles. The van der Waals surface area contributed by atoms with Crippen LogP contribution in [0, 0.1) is 55.4 Å². The number of hydrogen-bond acceptors (Lipinski definition) is 15. The van der Waals surface area contributed by atoms with E-state index in [2.05, 4.69) is 5.53 Å². The zero-order chi connectivity index (χ0) is 43.9. The lowest BCUT2D eigenvalue weighted by atomic mass is 9.95. The molecule has 0 radical (unpaired) electrons. The maximum absolute atomic E-state index is 6.41. The van der Waals surface area contributed by atoms with E-state index in [-0.39, 0.29) is 0 Å². The normalized spacial score (nSPS) is 17.5. The molecule has 326 valence electrons. The Hall–Kier alpha value is -7.56. The van der Waals surface area contributed by atoms with Crippen molar-refractivity contribution >= 4 is 56.5 Å². The quantitative estimate of drug-likeness (QED) is 0.190. The first-order chi connectivity index (χ1) is 31.6. The third kappa shape index (κ3) is 4.52. The molecule has 8 aliphatic heterocycles. The molecule has 0 atom stereocenters. The summed E-state index contributed by atoms with van der Waals surface area (Å²) in [5.41, 5.74) is 14.9. The summed E-state index contributed by atoms with van der Waals surface area (Å²) >= 11 is 0. The van der Waals surface area contributed by atoms with Crippen LogP contribution in [-0.2, 0) is 0 Å². The van der Waals surface area contributed by atoms with Gasteiger partial charge in [-0.2, -0.15) is 0 Å². The van der Waals surface area contributed by atoms with Crippen LogP contribution in [0.3, 0.4) is 0 Å². The maximum atomic E-state index is 6.41. The standard InChI is InChI=1S/C48H41N9O8/c1-17-25-26(18(2)34-33(17)58-9-10-59-34)42-49-41(25)51-45-29-21(5)37-38(63-14-13-62-37)22(6)30(29)47-53-43-27-19(3)35-36(61-12-11-60-35)20(4)28(27)44(50-43)54-48-32-24(8)40-39(64-15-16-65-40)23(7)31(32)46(52-42)57(48)55-56(45)47/h55H,9-16H2,1-8H3. The number of nitrogens with zero attached hydrogens (tertiary/aromatic N) is 8. The Labute approximate surface area is 370 Å². The minimum absolute atomic E-state index is 0.411. The van der Waals surface area contributed by atoms with Gasteiger partial charge in [0.2, 0.25) is 0 Å². The summed E-state index contributed by atoms with van der Waals surface area (Å²) in [6.45, 7) is 19.6. The molecule has 17 nitrogen and oxygen atoms in total. The van der Waals surface area contributed by atoms with Gasteiger partial charge in [0.25, 0.3) is 0 Å². The summed E-state index contributed by atoms with van der Waals surface area (Å²) in [4.78, 5) is 33.0. The number of aryl methyl sites for hydroxylation is 4. The van der Waals surface area contributed by atoms with Crippen molar-refractivity contribution in [3.05, 3.63) is 77.7 Å². The zero-order valence-electron chi connectivity index (χ0n) is 37.0. The molecule has 10 heterocycles. The number of ether oxygens (including phenoxy) is 8. The van der Waals surface area contributed by atoms with E-state index in [9.17, 15) is 0 Å². The van der Waals surface area contributed by atoms with E-state index < -0.39 is 0 Å². The molecular weight excluding hydrogens is 831 g/mol. The molecule has 0 amide bonds. The van der Waals surface area contributed by atoms with E-state index >= 15 is 0 Å². The van der Waals surface area contributed by atoms with Gasteiger partial charge in [-0.15, -0.1) is 0 Å². The third-order valence-corrected chi connectivity index (χ3v) is 14.0. The lowest BCUT2D eigenvalue weighted by Crippen LogP contribution is -2.39. The van der Waals surface area contributed by atoms with Crippen LogP contribution in [0.1, 0.15) is 66.8 Å². The predicted octanol–water partition coefficient (Wildman–Crippen LogP) is 6.10. The Morgan fingerprint density at radius 2 is 0.569 bits per heavy atom. The first-order valence-corrected chi connectivity index (χ1v) is 22.0. The van der Waals surface area contributed by atoms with E-state index in [0.29, 0.717) is 145 Å². The highest BCUT2D eigenvalue weighted by molar-refractivity contribution is 6.27. The molecule has 4 aromatic carbocycles. The fourth-order valence-corrected chi connectivity index (χ4v) is 11.1. The molecule has 17 heteroatoms. The third-order valence-electron chi connectivity index (χ3n) is 14.0. The molecule has 65 heavy (non-hydrogen) atoms. The monoisotopic (exact) mass is 871 g/mol. The molecule has 0 saturated heterocycles. The number of rotatable bonds is 0. The van der Waals surface area contributed by atoms with Crippen molar-refractivity contribution in [1.29, 1.82) is 0 Å². The number of amidine groups is 4. The van der Waals surface area contributed by atoms with Crippen molar-refractivity contribution in [1.82, 2.24) is 9.35 Å². The van der Waals surface area contributed by atoms with E-state index in [1.54, 1.807) is 0 Å². The van der Waals surface area contributed by atoms with Gasteiger partial charge in [0.15, 0.2) is 91.9 Å². The van der Waals surface area contributed by atoms with Gasteiger partial charge in [-0.1, -0.05) is 0 Å². The average molecular weight is 872 g/mol. The zero-order valence-corrected chi connectivity index (χ0v) is 37.0. The second-order valence-corrected chi connectivity index (χ2v) is 17.5. The molecule has 2 aromatic heterocycles. The Balaban J connectivity index is 1.24. The van der Waals surface area contributed by atoms with E-state index in [1.807, 2.05) is 64.7 Å². The van der Waals surface area contributed by atoms with Crippen LogP contribution in [-0.4, -0.2) is 85.5 Å². The first kappa shape index (κ1) is 36.9. The van der Waals surface area contributed by atoms with Gasteiger partial charge in [0.1, 0.15) is 52.9 Å². The SMILES string of the molecule is Cc1c2c(c(C)c3c1C1=NC3=Nc3c4c(C)c5c(c(C)c4c4n3Nn3c(c6c(C)c7c(c(C)c6c3=NC3=NC(=N4)c4c(C)c6c(c(C)c43)OCCO6)OCCO7)=N1)OCCO5)OCCO2. The Bertz CT molecular complexity index is 3400. The minimum atomic E-state index is 0.411. The van der Waals surface area contributed by atoms with E-state index in [1.165, 1.54) is 0 Å². The van der Waals surface area contributed by atoms with Crippen LogP contribution in [0.2, 0.25) is 0 Å². The molecule has 0 saturated carbocycles. The van der Waals surface area contributed by atoms with E-state index in [4.69, 9.17) is 67.8 Å². The molecule has 6 bridgehead atoms. The number of aliphatic imine (C=N–C) groups is 4. The smallest absolute Gasteiger partial charge is 0.166 e. The number of aromatic nitrogens is 2. The summed E-state index contributed by atoms with van der Waals surface area (Å²) in [6.07, 6.45) is 0. The van der Waals surface area contributed by atoms with Crippen molar-refractivity contribution in [2.45, 2.75) is 55.4 Å². The Morgan fingerprint density at radius 3 is 0.877 bits per heavy atom. The van der Waals surface area contributed by atoms with Crippen LogP contribution in [0.15, 0.2) is 30.0 Å². The highest BCUT2D eigenvalue weighted by Gasteiger charge is 2.39. The summed E-state index contributed by atoms with van der Waals surface area (Å²) in [5, 5.41) is 3.22. The van der Waals surface area contributed by atoms with E-state index in [0.717, 1.165) is 88.3 Å². The van der Waals surface area contributed by atoms with Crippen molar-refractivity contribution in [2.24, 2.45) is 30.0 Å². The molecular formula is C48H41N9O8. The Kier molecular flexibility index (Phi) is 7.14. The largest absolute Gasteiger partial charge is 0.486 e. The summed E-state index contributed by atoms with van der Waals surface area (Å²) < 4.78 is 54.8. The first-order valence-electron chi connectivity index (χ1n) is 22.0. The minimum Gasteiger partial charge on any atom is -0.486 e. The number of nitrogens with one attached hydrogen (secondary N) is 1. The second kappa shape index (κ2) is 12.6. The lowest BCUT2D eigenvalue weighted by Gasteiger charge is -2.24. The average Bonchev–Trinajstić information content (AvgIpc) is 4.05. The number of hydrogen-bond donors (Lipinski definition) is 1. The van der Waals surface area contributed by atoms with Crippen molar-refractivity contribution in [2.75, 3.05) is 58.4 Å². The lowest BCUT2D eigenvalue weighted by molar-refractivity contribution is 0.169. The van der Waals surface area contributed by atoms with Crippen LogP contribution in [0.4, 0.5) is 11.6 Å². The fraction of sp³-hybridized carbons (Fsp3) is 0.333. The molecule has 8 aliphatic rings. The van der Waals surface area contributed by atoms with Gasteiger partial charge in [-0.25, -0.2) is 44.8 Å². The van der Waals surface area contributed by atoms with Crippen molar-refractivity contribution in [3.63, 3.8) is 0 Å². The number of benzene rings is 4. The number of fused-ring (bicyclic) bond motifs is 18. The molecule has 0 unspecified atom stereocenters. The summed E-state index contributed by atoms with van der Waals surface area (Å²) in [6, 6.07) is 0. The highest BCUT2D eigenvalue weighted by atomic mass is 16.6. The van der Waals surface area contributed by atoms with Gasteiger partial charge >= 0.3 is 0 Å². The van der Waals surface area contributed by atoms with Gasteiger partial charge in [0.05, 0.1) is 0 Å². The second-order valence-electron chi connectivity index (χ2n) is 17.5. The highest BCUT2D eigenvalue weighted by Crippen LogP contribution is 2.53. The molecule has 1 N–H and O–H groups in total. The molecule has 0 spiro atoms. The van der Waals surface area contributed by atoms with Crippen LogP contribution >= 0.6 is 0 Å². The Morgan fingerprint density at radius 1 is 0.308 bits per heavy atom. The van der Waals surface area contributed by atoms with Gasteiger partial charge in [-0.05, 0) is 55.4 Å². The summed E-state index contributed by atoms with van der Waals surface area (Å²) in [5.74, 6) is 8.29. The van der Waals surface area contributed by atoms with Gasteiger partial charge in [-0.3, -0.25) is 0 Å². The van der Waals surface area contributed by atoms with Crippen LogP contribution in [0.25, 0.3) is 21.5 Å². The topological polar surface area (TPSA) is 170 Å². The van der Waals surface area contributed by atoms with Crippen molar-refractivity contribution < 1.29 is 37.9 Å². The van der Waals surface area contributed by atoms with Crippen LogP contribution < -0.4 is 54.4 Å². The van der Waals surface area contributed by atoms with Crippen LogP contribution in [0.5, 0.6) is 46.0 Å². The molecule has 14 rings (SSSR count). The summed E-state index contributed by atoms with van der Waals surface area (Å²) in [7, 11) is 0. The molecule has 0 fully saturated rings. The fourth-order valence-electron chi connectivity index (χ4n) is 11.1. The predicted molar refractivity (Wildman–Crippen MR) is 241 cm³/mol. The van der Waals surface area contributed by atoms with Crippen molar-refractivity contribution in [3.8, 4) is 46.0 Å². The molecule has 6 aromatic rings.